The Kier molecular flexibility index (Phi) is 4.69. The van der Waals surface area contributed by atoms with E-state index in [1.54, 1.807) is 12.1 Å². The van der Waals surface area contributed by atoms with Gasteiger partial charge in [0.15, 0.2) is 0 Å². The van der Waals surface area contributed by atoms with E-state index in [4.69, 9.17) is 4.74 Å². The average molecular weight is 363 g/mol. The fraction of sp³-hybridized carbons (Fsp3) is 0.400. The number of nitrogens with zero attached hydrogens (tertiary/aromatic N) is 1. The van der Waals surface area contributed by atoms with Crippen LogP contribution in [0, 0.1) is 5.82 Å². The molecule has 0 bridgehead atoms. The number of ether oxygens (including phenoxy) is 1. The first kappa shape index (κ1) is 18.0. The van der Waals surface area contributed by atoms with Gasteiger partial charge in [0, 0.05) is 29.8 Å². The number of benzene rings is 2. The molecule has 2 atom stereocenters. The van der Waals surface area contributed by atoms with Gasteiger partial charge in [0.25, 0.3) is 0 Å². The lowest BCUT2D eigenvalue weighted by atomic mass is 9.87. The highest BCUT2D eigenvalue weighted by Gasteiger charge is 2.45. The van der Waals surface area contributed by atoms with Crippen LogP contribution in [0.4, 0.5) is 10.1 Å². The summed E-state index contributed by atoms with van der Waals surface area (Å²) in [5.74, 6) is 0.787. The molecule has 0 aromatic heterocycles. The molecular formula is C20H24ClFN2O. The predicted molar refractivity (Wildman–Crippen MR) is 102 cm³/mol. The van der Waals surface area contributed by atoms with Gasteiger partial charge in [-0.25, -0.2) is 4.39 Å². The molecule has 25 heavy (non-hydrogen) atoms. The summed E-state index contributed by atoms with van der Waals surface area (Å²) >= 11 is 0. The Labute approximate surface area is 154 Å². The molecule has 0 radical (unpaired) electrons. The molecular weight excluding hydrogens is 339 g/mol. The van der Waals surface area contributed by atoms with Gasteiger partial charge in [-0.05, 0) is 36.9 Å². The quantitative estimate of drug-likeness (QED) is 0.890. The van der Waals surface area contributed by atoms with E-state index in [1.165, 1.54) is 5.56 Å². The van der Waals surface area contributed by atoms with Crippen molar-refractivity contribution >= 4 is 18.1 Å². The molecule has 2 aliphatic heterocycles. The fourth-order valence-electron chi connectivity index (χ4n) is 4.13. The van der Waals surface area contributed by atoms with Gasteiger partial charge in [0.05, 0.1) is 6.04 Å². The highest BCUT2D eigenvalue weighted by molar-refractivity contribution is 5.85. The summed E-state index contributed by atoms with van der Waals surface area (Å²) in [6, 6.07) is 13.5. The summed E-state index contributed by atoms with van der Waals surface area (Å²) in [5.41, 5.74) is 3.33. The zero-order valence-electron chi connectivity index (χ0n) is 14.8. The summed E-state index contributed by atoms with van der Waals surface area (Å²) < 4.78 is 20.0. The molecule has 5 heteroatoms. The van der Waals surface area contributed by atoms with E-state index in [2.05, 4.69) is 36.2 Å². The molecule has 0 saturated heterocycles. The Bertz CT molecular complexity index is 780. The van der Waals surface area contributed by atoms with Crippen LogP contribution in [0.3, 0.4) is 0 Å². The van der Waals surface area contributed by atoms with Gasteiger partial charge < -0.3 is 15.0 Å². The second kappa shape index (κ2) is 6.50. The molecule has 0 spiro atoms. The van der Waals surface area contributed by atoms with E-state index >= 15 is 0 Å². The Morgan fingerprint density at radius 3 is 2.76 bits per heavy atom. The second-order valence-electron chi connectivity index (χ2n) is 7.37. The normalized spacial score (nSPS) is 22.8. The zero-order valence-corrected chi connectivity index (χ0v) is 15.6. The third-order valence-corrected chi connectivity index (χ3v) is 5.17. The van der Waals surface area contributed by atoms with Crippen LogP contribution in [0.25, 0.3) is 0 Å². The van der Waals surface area contributed by atoms with E-state index in [0.717, 1.165) is 30.1 Å². The lowest BCUT2D eigenvalue weighted by molar-refractivity contribution is 0.200. The van der Waals surface area contributed by atoms with E-state index < -0.39 is 0 Å². The first-order valence-corrected chi connectivity index (χ1v) is 8.48. The minimum Gasteiger partial charge on any atom is -0.486 e. The molecule has 0 unspecified atom stereocenters. The van der Waals surface area contributed by atoms with E-state index in [9.17, 15) is 4.39 Å². The monoisotopic (exact) mass is 362 g/mol. The Hall–Kier alpha value is -1.78. The molecule has 0 aliphatic carbocycles. The van der Waals surface area contributed by atoms with Crippen LogP contribution in [-0.2, 0) is 5.41 Å². The number of likely N-dealkylation sites (N-methyl/N-ethyl adjacent to an activating group) is 1. The van der Waals surface area contributed by atoms with Crippen molar-refractivity contribution in [3.63, 3.8) is 0 Å². The number of hydrogen-bond donors (Lipinski definition) is 1. The van der Waals surface area contributed by atoms with Crippen molar-refractivity contribution in [3.8, 4) is 5.75 Å². The third-order valence-electron chi connectivity index (χ3n) is 5.17. The van der Waals surface area contributed by atoms with Gasteiger partial charge in [-0.2, -0.15) is 0 Å². The molecule has 1 N–H and O–H groups in total. The van der Waals surface area contributed by atoms with Crippen LogP contribution in [0.15, 0.2) is 42.5 Å². The fourth-order valence-corrected chi connectivity index (χ4v) is 4.13. The molecule has 2 heterocycles. The number of anilines is 1. The summed E-state index contributed by atoms with van der Waals surface area (Å²) in [4.78, 5) is 2.39. The van der Waals surface area contributed by atoms with Gasteiger partial charge in [-0.3, -0.25) is 0 Å². The maximum atomic E-state index is 13.8. The largest absolute Gasteiger partial charge is 0.486 e. The van der Waals surface area contributed by atoms with Crippen molar-refractivity contribution in [2.24, 2.45) is 0 Å². The van der Waals surface area contributed by atoms with Crippen molar-refractivity contribution in [2.45, 2.75) is 31.4 Å². The second-order valence-corrected chi connectivity index (χ2v) is 7.37. The van der Waals surface area contributed by atoms with Crippen molar-refractivity contribution < 1.29 is 9.13 Å². The van der Waals surface area contributed by atoms with Crippen LogP contribution >= 0.6 is 12.4 Å². The Morgan fingerprint density at radius 1 is 1.24 bits per heavy atom. The molecule has 2 aromatic carbocycles. The lowest BCUT2D eigenvalue weighted by Gasteiger charge is -2.32. The number of hydrogen-bond acceptors (Lipinski definition) is 3. The molecule has 3 nitrogen and oxygen atoms in total. The summed E-state index contributed by atoms with van der Waals surface area (Å²) in [5, 5.41) is 3.24. The smallest absolute Gasteiger partial charge is 0.136 e. The van der Waals surface area contributed by atoms with Gasteiger partial charge in [-0.15, -0.1) is 12.4 Å². The van der Waals surface area contributed by atoms with Crippen molar-refractivity contribution in [2.75, 3.05) is 25.0 Å². The highest BCUT2D eigenvalue weighted by atomic mass is 35.5. The van der Waals surface area contributed by atoms with Crippen LogP contribution in [-0.4, -0.2) is 26.2 Å². The van der Waals surface area contributed by atoms with Crippen molar-refractivity contribution in [3.05, 3.63) is 59.4 Å². The minimum atomic E-state index is -0.168. The topological polar surface area (TPSA) is 24.5 Å². The third kappa shape index (κ3) is 2.87. The van der Waals surface area contributed by atoms with Crippen LogP contribution in [0.5, 0.6) is 5.75 Å². The maximum absolute atomic E-state index is 13.8. The molecule has 4 rings (SSSR count). The van der Waals surface area contributed by atoms with Gasteiger partial charge >= 0.3 is 0 Å². The lowest BCUT2D eigenvalue weighted by Crippen LogP contribution is -2.41. The van der Waals surface area contributed by atoms with Crippen molar-refractivity contribution in [1.29, 1.82) is 0 Å². The number of nitrogens with one attached hydrogen (secondary N) is 1. The molecule has 0 amide bonds. The SMILES string of the molecule is CNC[C@H]1Oc2ccccc2[C@@H]1N1CC(C)(C)c2cc(F)ccc21.Cl. The average Bonchev–Trinajstić information content (AvgIpc) is 3.02. The molecule has 0 saturated carbocycles. The Balaban J connectivity index is 0.00000182. The molecule has 0 fully saturated rings. The van der Waals surface area contributed by atoms with Gasteiger partial charge in [0.2, 0.25) is 0 Å². The van der Waals surface area contributed by atoms with E-state index in [1.807, 2.05) is 25.2 Å². The summed E-state index contributed by atoms with van der Waals surface area (Å²) in [7, 11) is 1.95. The molecule has 134 valence electrons. The Morgan fingerprint density at radius 2 is 2.00 bits per heavy atom. The van der Waals surface area contributed by atoms with E-state index in [-0.39, 0.29) is 35.8 Å². The maximum Gasteiger partial charge on any atom is 0.136 e. The minimum absolute atomic E-state index is 0. The number of rotatable bonds is 3. The molecule has 2 aliphatic rings. The molecule has 2 aromatic rings. The number of para-hydroxylation sites is 1. The standard InChI is InChI=1S/C20H23FN2O.ClH/c1-20(2)12-23(16-9-8-13(21)10-15(16)20)19-14-6-4-5-7-17(14)24-18(19)11-22-3;/h4-10,18-19,22H,11-12H2,1-3H3;1H/t18-,19+;/m1./s1. The van der Waals surface area contributed by atoms with Crippen LogP contribution in [0.1, 0.15) is 31.0 Å². The van der Waals surface area contributed by atoms with Crippen LogP contribution in [0.2, 0.25) is 0 Å². The first-order chi connectivity index (χ1) is 11.5. The number of fused-ring (bicyclic) bond motifs is 2. The summed E-state index contributed by atoms with van der Waals surface area (Å²) in [6.45, 7) is 5.99. The first-order valence-electron chi connectivity index (χ1n) is 8.48. The zero-order chi connectivity index (χ0) is 16.9. The van der Waals surface area contributed by atoms with Gasteiger partial charge in [-0.1, -0.05) is 32.0 Å². The summed E-state index contributed by atoms with van der Waals surface area (Å²) in [6.07, 6.45) is 0.0409. The van der Waals surface area contributed by atoms with E-state index in [0.29, 0.717) is 0 Å². The van der Waals surface area contributed by atoms with Crippen LogP contribution < -0.4 is 15.0 Å². The van der Waals surface area contributed by atoms with Crippen molar-refractivity contribution in [1.82, 2.24) is 5.32 Å². The highest BCUT2D eigenvalue weighted by Crippen LogP contribution is 2.49. The predicted octanol–water partition coefficient (Wildman–Crippen LogP) is 4.07. The number of halogens is 2. The van der Waals surface area contributed by atoms with Gasteiger partial charge in [0.1, 0.15) is 17.7 Å².